The Labute approximate surface area is 119 Å². The van der Waals surface area contributed by atoms with Crippen molar-refractivity contribution >= 4 is 22.8 Å². The SMILES string of the molecule is Cc1csc(C2CCN(c3ccc4nnnn4n3)C2)n1. The Morgan fingerprint density at radius 2 is 2.30 bits per heavy atom. The molecule has 20 heavy (non-hydrogen) atoms. The molecular weight excluding hydrogens is 274 g/mol. The zero-order valence-corrected chi connectivity index (χ0v) is 11.8. The third kappa shape index (κ3) is 1.92. The second-order valence-corrected chi connectivity index (χ2v) is 5.87. The monoisotopic (exact) mass is 287 g/mol. The number of tetrazole rings is 1. The van der Waals surface area contributed by atoms with Gasteiger partial charge in [-0.3, -0.25) is 0 Å². The van der Waals surface area contributed by atoms with Crippen LogP contribution in [0.2, 0.25) is 0 Å². The second kappa shape index (κ2) is 4.48. The van der Waals surface area contributed by atoms with Crippen LogP contribution in [0.4, 0.5) is 5.82 Å². The van der Waals surface area contributed by atoms with Crippen LogP contribution < -0.4 is 4.90 Å². The van der Waals surface area contributed by atoms with Crippen molar-refractivity contribution < 1.29 is 0 Å². The van der Waals surface area contributed by atoms with Gasteiger partial charge in [-0.2, -0.15) is 0 Å². The largest absolute Gasteiger partial charge is 0.354 e. The Balaban J connectivity index is 1.58. The van der Waals surface area contributed by atoms with E-state index in [0.29, 0.717) is 11.6 Å². The van der Waals surface area contributed by atoms with Gasteiger partial charge < -0.3 is 4.90 Å². The fourth-order valence-corrected chi connectivity index (χ4v) is 3.46. The van der Waals surface area contributed by atoms with Crippen molar-refractivity contribution in [2.24, 2.45) is 0 Å². The lowest BCUT2D eigenvalue weighted by molar-refractivity contribution is 0.719. The van der Waals surface area contributed by atoms with Crippen LogP contribution in [-0.2, 0) is 0 Å². The molecule has 8 heteroatoms. The number of hydrogen-bond acceptors (Lipinski definition) is 7. The summed E-state index contributed by atoms with van der Waals surface area (Å²) in [5.74, 6) is 1.42. The summed E-state index contributed by atoms with van der Waals surface area (Å²) in [5.41, 5.74) is 1.77. The van der Waals surface area contributed by atoms with Crippen molar-refractivity contribution in [1.82, 2.24) is 30.2 Å². The number of aromatic nitrogens is 6. The van der Waals surface area contributed by atoms with Gasteiger partial charge >= 0.3 is 0 Å². The van der Waals surface area contributed by atoms with Crippen molar-refractivity contribution in [2.75, 3.05) is 18.0 Å². The Bertz CT molecular complexity index is 749. The maximum Gasteiger partial charge on any atom is 0.200 e. The molecule has 4 rings (SSSR count). The van der Waals surface area contributed by atoms with E-state index in [2.05, 4.69) is 35.9 Å². The Hall–Kier alpha value is -2.09. The van der Waals surface area contributed by atoms with Crippen molar-refractivity contribution in [1.29, 1.82) is 0 Å². The quantitative estimate of drug-likeness (QED) is 0.707. The minimum atomic E-state index is 0.500. The van der Waals surface area contributed by atoms with Gasteiger partial charge in [0.1, 0.15) is 0 Å². The van der Waals surface area contributed by atoms with Crippen molar-refractivity contribution in [2.45, 2.75) is 19.3 Å². The van der Waals surface area contributed by atoms with E-state index in [1.54, 1.807) is 11.3 Å². The first-order chi connectivity index (χ1) is 9.79. The van der Waals surface area contributed by atoms with Gasteiger partial charge in [-0.15, -0.1) is 26.2 Å². The lowest BCUT2D eigenvalue weighted by Gasteiger charge is -2.16. The van der Waals surface area contributed by atoms with E-state index in [1.807, 2.05) is 19.1 Å². The van der Waals surface area contributed by atoms with Crippen LogP contribution in [0.25, 0.3) is 5.65 Å². The van der Waals surface area contributed by atoms with Crippen LogP contribution in [-0.4, -0.2) is 43.3 Å². The highest BCUT2D eigenvalue weighted by molar-refractivity contribution is 7.09. The highest BCUT2D eigenvalue weighted by Gasteiger charge is 2.27. The van der Waals surface area contributed by atoms with E-state index >= 15 is 0 Å². The maximum atomic E-state index is 4.60. The summed E-state index contributed by atoms with van der Waals surface area (Å²) < 4.78 is 1.47. The van der Waals surface area contributed by atoms with Crippen LogP contribution in [0.15, 0.2) is 17.5 Å². The number of aryl methyl sites for hydroxylation is 1. The average molecular weight is 287 g/mol. The number of anilines is 1. The smallest absolute Gasteiger partial charge is 0.200 e. The molecule has 0 N–H and O–H groups in total. The van der Waals surface area contributed by atoms with Crippen LogP contribution in [0.3, 0.4) is 0 Å². The zero-order chi connectivity index (χ0) is 13.5. The minimum absolute atomic E-state index is 0.500. The van der Waals surface area contributed by atoms with Gasteiger partial charge in [0.15, 0.2) is 11.5 Å². The van der Waals surface area contributed by atoms with E-state index in [0.717, 1.165) is 31.0 Å². The van der Waals surface area contributed by atoms with E-state index < -0.39 is 0 Å². The summed E-state index contributed by atoms with van der Waals surface area (Å²) in [6, 6.07) is 3.87. The standard InChI is InChI=1S/C12H13N7S/c1-8-7-20-12(13-8)9-4-5-18(6-9)11-3-2-10-14-16-17-19(10)15-11/h2-3,7,9H,4-6H2,1H3. The highest BCUT2D eigenvalue weighted by atomic mass is 32.1. The first-order valence-electron chi connectivity index (χ1n) is 6.52. The summed E-state index contributed by atoms with van der Waals surface area (Å²) in [5, 5.41) is 19.1. The third-order valence-corrected chi connectivity index (χ3v) is 4.68. The lowest BCUT2D eigenvalue weighted by Crippen LogP contribution is -2.21. The minimum Gasteiger partial charge on any atom is -0.354 e. The topological polar surface area (TPSA) is 72.1 Å². The molecule has 0 bridgehead atoms. The molecule has 0 amide bonds. The number of hydrogen-bond donors (Lipinski definition) is 0. The van der Waals surface area contributed by atoms with E-state index in [1.165, 1.54) is 9.64 Å². The summed E-state index contributed by atoms with van der Waals surface area (Å²) in [6.07, 6.45) is 1.11. The van der Waals surface area contributed by atoms with Crippen LogP contribution in [0.5, 0.6) is 0 Å². The second-order valence-electron chi connectivity index (χ2n) is 4.98. The van der Waals surface area contributed by atoms with Crippen molar-refractivity contribution in [3.63, 3.8) is 0 Å². The molecule has 3 aromatic heterocycles. The van der Waals surface area contributed by atoms with Crippen LogP contribution in [0, 0.1) is 6.92 Å². The summed E-state index contributed by atoms with van der Waals surface area (Å²) in [7, 11) is 0. The van der Waals surface area contributed by atoms with E-state index in [-0.39, 0.29) is 0 Å². The molecule has 0 aromatic carbocycles. The van der Waals surface area contributed by atoms with E-state index in [4.69, 9.17) is 0 Å². The van der Waals surface area contributed by atoms with Gasteiger partial charge in [-0.25, -0.2) is 4.98 Å². The molecule has 0 spiro atoms. The van der Waals surface area contributed by atoms with Crippen molar-refractivity contribution in [3.05, 3.63) is 28.2 Å². The first kappa shape index (κ1) is 11.7. The fourth-order valence-electron chi connectivity index (χ4n) is 2.54. The normalized spacial score (nSPS) is 19.1. The molecule has 0 radical (unpaired) electrons. The first-order valence-corrected chi connectivity index (χ1v) is 7.40. The van der Waals surface area contributed by atoms with Crippen LogP contribution >= 0.6 is 11.3 Å². The molecule has 1 atom stereocenters. The van der Waals surface area contributed by atoms with Gasteiger partial charge in [0, 0.05) is 30.1 Å². The molecule has 7 nitrogen and oxygen atoms in total. The number of fused-ring (bicyclic) bond motifs is 1. The Morgan fingerprint density at radius 3 is 3.15 bits per heavy atom. The number of thiazole rings is 1. The van der Waals surface area contributed by atoms with E-state index in [9.17, 15) is 0 Å². The molecule has 0 saturated carbocycles. The van der Waals surface area contributed by atoms with Crippen LogP contribution in [0.1, 0.15) is 23.0 Å². The molecule has 3 aromatic rings. The molecule has 1 saturated heterocycles. The predicted octanol–water partition coefficient (Wildman–Crippen LogP) is 1.28. The molecule has 4 heterocycles. The zero-order valence-electron chi connectivity index (χ0n) is 11.0. The highest BCUT2D eigenvalue weighted by Crippen LogP contribution is 2.31. The van der Waals surface area contributed by atoms with Crippen molar-refractivity contribution in [3.8, 4) is 0 Å². The number of rotatable bonds is 2. The van der Waals surface area contributed by atoms with Gasteiger partial charge in [0.25, 0.3) is 0 Å². The Morgan fingerprint density at radius 1 is 1.35 bits per heavy atom. The molecule has 0 aliphatic carbocycles. The Kier molecular flexibility index (Phi) is 2.62. The fraction of sp³-hybridized carbons (Fsp3) is 0.417. The van der Waals surface area contributed by atoms with Gasteiger partial charge in [0.05, 0.1) is 5.01 Å². The lowest BCUT2D eigenvalue weighted by atomic mass is 10.1. The molecule has 1 unspecified atom stereocenters. The van der Waals surface area contributed by atoms with Gasteiger partial charge in [-0.05, 0) is 35.9 Å². The third-order valence-electron chi connectivity index (χ3n) is 3.55. The maximum absolute atomic E-state index is 4.60. The van der Waals surface area contributed by atoms with Gasteiger partial charge in [0.2, 0.25) is 0 Å². The number of nitrogens with zero attached hydrogens (tertiary/aromatic N) is 7. The molecule has 1 aliphatic heterocycles. The summed E-state index contributed by atoms with van der Waals surface area (Å²) in [6.45, 7) is 3.98. The molecule has 1 aliphatic rings. The molecular formula is C12H13N7S. The average Bonchev–Trinajstić information content (AvgIpc) is 3.17. The van der Waals surface area contributed by atoms with Gasteiger partial charge in [-0.1, -0.05) is 0 Å². The molecule has 102 valence electrons. The predicted molar refractivity (Wildman–Crippen MR) is 75.0 cm³/mol. The molecule has 1 fully saturated rings. The summed E-state index contributed by atoms with van der Waals surface area (Å²) in [4.78, 5) is 6.86. The summed E-state index contributed by atoms with van der Waals surface area (Å²) >= 11 is 1.75.